The van der Waals surface area contributed by atoms with Gasteiger partial charge >= 0.3 is 0 Å². The van der Waals surface area contributed by atoms with Crippen LogP contribution in [-0.2, 0) is 0 Å². The first-order valence-corrected chi connectivity index (χ1v) is 3.29. The summed E-state index contributed by atoms with van der Waals surface area (Å²) in [5.74, 6) is 1.01. The molecule has 2 fully saturated rings. The smallest absolute Gasteiger partial charge is 0.0253 e. The maximum absolute atomic E-state index is 3.74. The van der Waals surface area contributed by atoms with Gasteiger partial charge in [-0.25, -0.2) is 0 Å². The number of fused-ring (bicyclic) bond motifs is 1. The standard InChI is InChI=1S/C7H11N/c1-2-6-3-5-4-7(5)8-6/h2,5-8H,1,3-4H2. The third kappa shape index (κ3) is 0.511. The van der Waals surface area contributed by atoms with Crippen molar-refractivity contribution in [1.29, 1.82) is 0 Å². The van der Waals surface area contributed by atoms with Crippen molar-refractivity contribution in [2.75, 3.05) is 0 Å². The molecule has 1 heterocycles. The van der Waals surface area contributed by atoms with Crippen LogP contribution in [0.5, 0.6) is 0 Å². The fraction of sp³-hybridized carbons (Fsp3) is 0.714. The minimum atomic E-state index is 0.638. The Morgan fingerprint density at radius 1 is 1.50 bits per heavy atom. The van der Waals surface area contributed by atoms with Crippen LogP contribution < -0.4 is 5.32 Å². The van der Waals surface area contributed by atoms with Crippen LogP contribution >= 0.6 is 0 Å². The molecule has 2 aliphatic rings. The molecule has 0 aromatic rings. The summed E-state index contributed by atoms with van der Waals surface area (Å²) in [5, 5.41) is 3.46. The lowest BCUT2D eigenvalue weighted by Crippen LogP contribution is -2.22. The molecule has 1 nitrogen and oxygen atoms in total. The van der Waals surface area contributed by atoms with Crippen molar-refractivity contribution in [3.63, 3.8) is 0 Å². The third-order valence-electron chi connectivity index (χ3n) is 2.19. The second kappa shape index (κ2) is 1.35. The van der Waals surface area contributed by atoms with Gasteiger partial charge in [0, 0.05) is 12.1 Å². The van der Waals surface area contributed by atoms with Crippen LogP contribution in [0.2, 0.25) is 0 Å². The van der Waals surface area contributed by atoms with Gasteiger partial charge in [0.05, 0.1) is 0 Å². The van der Waals surface area contributed by atoms with Crippen molar-refractivity contribution < 1.29 is 0 Å². The molecule has 1 aliphatic carbocycles. The van der Waals surface area contributed by atoms with Crippen molar-refractivity contribution in [2.24, 2.45) is 5.92 Å². The highest BCUT2D eigenvalue weighted by atomic mass is 15.0. The number of piperidine rings is 1. The monoisotopic (exact) mass is 109 g/mol. The molecule has 0 amide bonds. The van der Waals surface area contributed by atoms with Gasteiger partial charge < -0.3 is 5.32 Å². The Morgan fingerprint density at radius 3 is 2.75 bits per heavy atom. The molecule has 8 heavy (non-hydrogen) atoms. The van der Waals surface area contributed by atoms with Gasteiger partial charge in [-0.1, -0.05) is 6.08 Å². The number of nitrogens with one attached hydrogen (secondary N) is 1. The summed E-state index contributed by atoms with van der Waals surface area (Å²) in [6.45, 7) is 3.74. The Morgan fingerprint density at radius 2 is 2.38 bits per heavy atom. The summed E-state index contributed by atoms with van der Waals surface area (Å²) < 4.78 is 0. The first-order chi connectivity index (χ1) is 3.90. The lowest BCUT2D eigenvalue weighted by molar-refractivity contribution is 0.634. The minimum absolute atomic E-state index is 0.638. The molecule has 0 aromatic heterocycles. The van der Waals surface area contributed by atoms with Crippen LogP contribution in [0.15, 0.2) is 12.7 Å². The van der Waals surface area contributed by atoms with Gasteiger partial charge in [-0.3, -0.25) is 0 Å². The molecular formula is C7H11N. The topological polar surface area (TPSA) is 12.0 Å². The van der Waals surface area contributed by atoms with E-state index < -0.39 is 0 Å². The van der Waals surface area contributed by atoms with Crippen molar-refractivity contribution in [2.45, 2.75) is 24.9 Å². The zero-order chi connectivity index (χ0) is 5.56. The van der Waals surface area contributed by atoms with Crippen LogP contribution in [-0.4, -0.2) is 12.1 Å². The molecule has 0 bridgehead atoms. The van der Waals surface area contributed by atoms with Gasteiger partial charge in [-0.05, 0) is 18.8 Å². The second-order valence-electron chi connectivity index (χ2n) is 2.85. The van der Waals surface area contributed by atoms with Crippen LogP contribution in [0, 0.1) is 5.92 Å². The predicted octanol–water partition coefficient (Wildman–Crippen LogP) is 0.923. The quantitative estimate of drug-likeness (QED) is 0.494. The number of hydrogen-bond donors (Lipinski definition) is 1. The molecule has 0 spiro atoms. The van der Waals surface area contributed by atoms with Crippen LogP contribution in [0.1, 0.15) is 12.8 Å². The van der Waals surface area contributed by atoms with Gasteiger partial charge in [-0.2, -0.15) is 0 Å². The third-order valence-corrected chi connectivity index (χ3v) is 2.19. The molecule has 1 heteroatoms. The first-order valence-electron chi connectivity index (χ1n) is 3.29. The molecular weight excluding hydrogens is 98.1 g/mol. The Hall–Kier alpha value is -0.300. The normalized spacial score (nSPS) is 50.8. The van der Waals surface area contributed by atoms with E-state index in [9.17, 15) is 0 Å². The molecule has 1 aliphatic heterocycles. The van der Waals surface area contributed by atoms with E-state index in [1.807, 2.05) is 6.08 Å². The highest BCUT2D eigenvalue weighted by Gasteiger charge is 2.44. The SMILES string of the molecule is C=CC1CC2CC2N1. The Labute approximate surface area is 49.8 Å². The maximum Gasteiger partial charge on any atom is 0.0253 e. The van der Waals surface area contributed by atoms with E-state index in [0.717, 1.165) is 12.0 Å². The van der Waals surface area contributed by atoms with E-state index in [1.54, 1.807) is 0 Å². The predicted molar refractivity (Wildman–Crippen MR) is 33.6 cm³/mol. The average molecular weight is 109 g/mol. The molecule has 44 valence electrons. The largest absolute Gasteiger partial charge is 0.307 e. The fourth-order valence-corrected chi connectivity index (χ4v) is 1.55. The summed E-state index contributed by atoms with van der Waals surface area (Å²) in [4.78, 5) is 0. The molecule has 2 rings (SSSR count). The lowest BCUT2D eigenvalue weighted by atomic mass is 10.2. The Bertz CT molecular complexity index is 110. The van der Waals surface area contributed by atoms with Gasteiger partial charge in [0.2, 0.25) is 0 Å². The fourth-order valence-electron chi connectivity index (χ4n) is 1.55. The van der Waals surface area contributed by atoms with Gasteiger partial charge in [-0.15, -0.1) is 6.58 Å². The van der Waals surface area contributed by atoms with Crippen molar-refractivity contribution >= 4 is 0 Å². The highest BCUT2D eigenvalue weighted by molar-refractivity contribution is 5.07. The Kier molecular flexibility index (Phi) is 0.770. The molecule has 0 aromatic carbocycles. The zero-order valence-corrected chi connectivity index (χ0v) is 4.93. The maximum atomic E-state index is 3.74. The van der Waals surface area contributed by atoms with Crippen molar-refractivity contribution in [1.82, 2.24) is 5.32 Å². The highest BCUT2D eigenvalue weighted by Crippen LogP contribution is 2.40. The summed E-state index contributed by atoms with van der Waals surface area (Å²) in [6, 6.07) is 1.51. The summed E-state index contributed by atoms with van der Waals surface area (Å²) >= 11 is 0. The molecule has 3 unspecified atom stereocenters. The lowest BCUT2D eigenvalue weighted by Gasteiger charge is -2.04. The summed E-state index contributed by atoms with van der Waals surface area (Å²) in [6.07, 6.45) is 4.78. The number of rotatable bonds is 1. The van der Waals surface area contributed by atoms with E-state index in [1.165, 1.54) is 12.8 Å². The van der Waals surface area contributed by atoms with Crippen molar-refractivity contribution in [3.05, 3.63) is 12.7 Å². The molecule has 3 atom stereocenters. The second-order valence-corrected chi connectivity index (χ2v) is 2.85. The average Bonchev–Trinajstić information content (AvgIpc) is 2.40. The first kappa shape index (κ1) is 4.57. The minimum Gasteiger partial charge on any atom is -0.307 e. The van der Waals surface area contributed by atoms with Crippen molar-refractivity contribution in [3.8, 4) is 0 Å². The molecule has 1 saturated heterocycles. The van der Waals surface area contributed by atoms with Crippen LogP contribution in [0.3, 0.4) is 0 Å². The van der Waals surface area contributed by atoms with E-state index in [4.69, 9.17) is 0 Å². The van der Waals surface area contributed by atoms with Crippen LogP contribution in [0.25, 0.3) is 0 Å². The van der Waals surface area contributed by atoms with Gasteiger partial charge in [0.15, 0.2) is 0 Å². The Balaban J connectivity index is 1.98. The van der Waals surface area contributed by atoms with Gasteiger partial charge in [0.25, 0.3) is 0 Å². The van der Waals surface area contributed by atoms with E-state index in [2.05, 4.69) is 11.9 Å². The number of hydrogen-bond acceptors (Lipinski definition) is 1. The van der Waals surface area contributed by atoms with Crippen LogP contribution in [0.4, 0.5) is 0 Å². The van der Waals surface area contributed by atoms with Gasteiger partial charge in [0.1, 0.15) is 0 Å². The zero-order valence-electron chi connectivity index (χ0n) is 4.93. The van der Waals surface area contributed by atoms with E-state index in [-0.39, 0.29) is 0 Å². The summed E-state index contributed by atoms with van der Waals surface area (Å²) in [5.41, 5.74) is 0. The summed E-state index contributed by atoms with van der Waals surface area (Å²) in [7, 11) is 0. The molecule has 0 radical (unpaired) electrons. The molecule has 1 saturated carbocycles. The van der Waals surface area contributed by atoms with E-state index in [0.29, 0.717) is 6.04 Å². The molecule has 1 N–H and O–H groups in total. The van der Waals surface area contributed by atoms with E-state index >= 15 is 0 Å².